The lowest BCUT2D eigenvalue weighted by molar-refractivity contribution is -0.121. The third-order valence-corrected chi connectivity index (χ3v) is 5.73. The van der Waals surface area contributed by atoms with E-state index in [9.17, 15) is 14.0 Å². The predicted molar refractivity (Wildman–Crippen MR) is 108 cm³/mol. The molecule has 0 N–H and O–H groups in total. The van der Waals surface area contributed by atoms with Gasteiger partial charge in [-0.25, -0.2) is 4.39 Å². The van der Waals surface area contributed by atoms with Crippen molar-refractivity contribution in [2.75, 3.05) is 4.90 Å². The van der Waals surface area contributed by atoms with E-state index >= 15 is 0 Å². The Morgan fingerprint density at radius 3 is 2.54 bits per heavy atom. The van der Waals surface area contributed by atoms with E-state index in [2.05, 4.69) is 0 Å². The van der Waals surface area contributed by atoms with Gasteiger partial charge >= 0.3 is 0 Å². The highest BCUT2D eigenvalue weighted by Gasteiger charge is 2.44. The molecule has 0 aromatic heterocycles. The van der Waals surface area contributed by atoms with E-state index in [0.717, 1.165) is 0 Å². The van der Waals surface area contributed by atoms with Gasteiger partial charge in [0.05, 0.1) is 5.69 Å². The Hall–Kier alpha value is -2.46. The Kier molecular flexibility index (Phi) is 4.62. The first kappa shape index (κ1) is 18.9. The van der Waals surface area contributed by atoms with E-state index in [-0.39, 0.29) is 29.3 Å². The standard InChI is InChI=1S/C23H21ClFNO2/c1-23(2)12-19-22(20(27)13-23)17(16-8-3-4-9-18(16)25)11-21(28)26(19)15-7-5-6-14(24)10-15/h3-10,17H,11-13H2,1-2H3. The van der Waals surface area contributed by atoms with Gasteiger partial charge in [-0.05, 0) is 41.7 Å². The number of anilines is 1. The molecule has 4 rings (SSSR count). The number of rotatable bonds is 2. The van der Waals surface area contributed by atoms with Crippen molar-refractivity contribution in [2.24, 2.45) is 5.41 Å². The summed E-state index contributed by atoms with van der Waals surface area (Å²) in [6.07, 6.45) is 1.00. The molecule has 2 aliphatic rings. The highest BCUT2D eigenvalue weighted by molar-refractivity contribution is 6.31. The Balaban J connectivity index is 1.93. The predicted octanol–water partition coefficient (Wildman–Crippen LogP) is 5.64. The SMILES string of the molecule is CC1(C)CC(=O)C2=C(C1)N(c1cccc(Cl)c1)C(=O)CC2c1ccccc1F. The van der Waals surface area contributed by atoms with E-state index in [0.29, 0.717) is 40.4 Å². The number of benzene rings is 2. The summed E-state index contributed by atoms with van der Waals surface area (Å²) in [5, 5.41) is 0.519. The van der Waals surface area contributed by atoms with Crippen LogP contribution in [0.15, 0.2) is 59.8 Å². The zero-order valence-corrected chi connectivity index (χ0v) is 16.6. The van der Waals surface area contributed by atoms with Crippen molar-refractivity contribution in [3.05, 3.63) is 76.2 Å². The fraction of sp³-hybridized carbons (Fsp3) is 0.304. The van der Waals surface area contributed by atoms with Crippen LogP contribution in [0.3, 0.4) is 0 Å². The zero-order chi connectivity index (χ0) is 20.1. The monoisotopic (exact) mass is 397 g/mol. The van der Waals surface area contributed by atoms with E-state index in [1.54, 1.807) is 41.3 Å². The van der Waals surface area contributed by atoms with Crippen LogP contribution >= 0.6 is 11.6 Å². The third-order valence-electron chi connectivity index (χ3n) is 5.49. The molecule has 28 heavy (non-hydrogen) atoms. The third kappa shape index (κ3) is 3.26. The van der Waals surface area contributed by atoms with Gasteiger partial charge in [0, 0.05) is 35.1 Å². The zero-order valence-electron chi connectivity index (χ0n) is 15.8. The van der Waals surface area contributed by atoms with E-state index < -0.39 is 5.92 Å². The molecule has 0 saturated heterocycles. The maximum atomic E-state index is 14.5. The number of allylic oxidation sites excluding steroid dienone is 2. The smallest absolute Gasteiger partial charge is 0.232 e. The van der Waals surface area contributed by atoms with Crippen LogP contribution in [-0.2, 0) is 9.59 Å². The van der Waals surface area contributed by atoms with Gasteiger partial charge in [-0.15, -0.1) is 0 Å². The van der Waals surface area contributed by atoms with Crippen LogP contribution in [0.25, 0.3) is 0 Å². The number of halogens is 2. The second kappa shape index (κ2) is 6.85. The molecule has 2 aromatic rings. The van der Waals surface area contributed by atoms with Crippen LogP contribution in [-0.4, -0.2) is 11.7 Å². The minimum absolute atomic E-state index is 0.0148. The number of carbonyl (C=O) groups excluding carboxylic acids is 2. The topological polar surface area (TPSA) is 37.4 Å². The van der Waals surface area contributed by atoms with Crippen LogP contribution in [0, 0.1) is 11.2 Å². The Morgan fingerprint density at radius 1 is 1.07 bits per heavy atom. The van der Waals surface area contributed by atoms with Crippen LogP contribution in [0.1, 0.15) is 44.6 Å². The van der Waals surface area contributed by atoms with E-state index in [1.165, 1.54) is 6.07 Å². The largest absolute Gasteiger partial charge is 0.294 e. The highest BCUT2D eigenvalue weighted by Crippen LogP contribution is 2.48. The van der Waals surface area contributed by atoms with Gasteiger partial charge in [0.1, 0.15) is 5.82 Å². The van der Waals surface area contributed by atoms with Gasteiger partial charge in [0.2, 0.25) is 5.91 Å². The normalized spacial score (nSPS) is 21.7. The first-order valence-electron chi connectivity index (χ1n) is 9.36. The van der Waals surface area contributed by atoms with Crippen molar-refractivity contribution < 1.29 is 14.0 Å². The molecule has 0 fully saturated rings. The molecular formula is C23H21ClFNO2. The van der Waals surface area contributed by atoms with Gasteiger partial charge in [-0.1, -0.05) is 49.7 Å². The summed E-state index contributed by atoms with van der Waals surface area (Å²) >= 11 is 6.15. The molecule has 0 spiro atoms. The first-order valence-corrected chi connectivity index (χ1v) is 9.74. The highest BCUT2D eigenvalue weighted by atomic mass is 35.5. The lowest BCUT2D eigenvalue weighted by Crippen LogP contribution is -2.43. The molecule has 144 valence electrons. The summed E-state index contributed by atoms with van der Waals surface area (Å²) in [4.78, 5) is 27.9. The fourth-order valence-corrected chi connectivity index (χ4v) is 4.54. The summed E-state index contributed by atoms with van der Waals surface area (Å²) in [6, 6.07) is 13.5. The van der Waals surface area contributed by atoms with E-state index in [4.69, 9.17) is 11.6 Å². The van der Waals surface area contributed by atoms with Crippen LogP contribution in [0.5, 0.6) is 0 Å². The number of Topliss-reactive ketones (excluding diaryl/α,β-unsaturated/α-hetero) is 1. The molecule has 5 heteroatoms. The van der Waals surface area contributed by atoms with E-state index in [1.807, 2.05) is 19.9 Å². The second-order valence-corrected chi connectivity index (χ2v) is 8.72. The molecule has 1 aliphatic carbocycles. The van der Waals surface area contributed by atoms with Gasteiger partial charge < -0.3 is 0 Å². The Labute approximate surface area is 168 Å². The summed E-state index contributed by atoms with van der Waals surface area (Å²) in [6.45, 7) is 4.03. The fourth-order valence-electron chi connectivity index (χ4n) is 4.35. The molecule has 1 heterocycles. The first-order chi connectivity index (χ1) is 13.3. The van der Waals surface area contributed by atoms with Crippen LogP contribution < -0.4 is 4.90 Å². The molecule has 1 unspecified atom stereocenters. The molecule has 0 radical (unpaired) electrons. The molecule has 2 aromatic carbocycles. The van der Waals surface area contributed by atoms with Gasteiger partial charge in [0.25, 0.3) is 0 Å². The number of nitrogens with zero attached hydrogens (tertiary/aromatic N) is 1. The maximum Gasteiger partial charge on any atom is 0.232 e. The Bertz CT molecular complexity index is 1010. The molecule has 0 saturated carbocycles. The minimum atomic E-state index is -0.553. The van der Waals surface area contributed by atoms with Gasteiger partial charge in [0.15, 0.2) is 5.78 Å². The number of carbonyl (C=O) groups is 2. The summed E-state index contributed by atoms with van der Waals surface area (Å²) < 4.78 is 14.5. The van der Waals surface area contributed by atoms with Crippen LogP contribution in [0.4, 0.5) is 10.1 Å². The van der Waals surface area contributed by atoms with Crippen molar-refractivity contribution in [1.82, 2.24) is 0 Å². The number of hydrogen-bond donors (Lipinski definition) is 0. The number of ketones is 1. The molecule has 0 bridgehead atoms. The second-order valence-electron chi connectivity index (χ2n) is 8.29. The number of amides is 1. The average molecular weight is 398 g/mol. The Morgan fingerprint density at radius 2 is 1.82 bits per heavy atom. The van der Waals surface area contributed by atoms with Gasteiger partial charge in [-0.2, -0.15) is 0 Å². The summed E-state index contributed by atoms with van der Waals surface area (Å²) in [5.74, 6) is -1.11. The van der Waals surface area contributed by atoms with Gasteiger partial charge in [-0.3, -0.25) is 14.5 Å². The van der Waals surface area contributed by atoms with Crippen molar-refractivity contribution in [2.45, 2.75) is 39.0 Å². The minimum Gasteiger partial charge on any atom is -0.294 e. The molecule has 3 nitrogen and oxygen atoms in total. The summed E-state index contributed by atoms with van der Waals surface area (Å²) in [5.41, 5.74) is 2.01. The maximum absolute atomic E-state index is 14.5. The molecule has 1 amide bonds. The number of hydrogen-bond acceptors (Lipinski definition) is 2. The molecule has 1 aliphatic heterocycles. The van der Waals surface area contributed by atoms with Crippen LogP contribution in [0.2, 0.25) is 5.02 Å². The quantitative estimate of drug-likeness (QED) is 0.657. The average Bonchev–Trinajstić information content (AvgIpc) is 2.60. The lowest BCUT2D eigenvalue weighted by atomic mass is 9.69. The molecular weight excluding hydrogens is 377 g/mol. The van der Waals surface area contributed by atoms with Crippen molar-refractivity contribution in [1.29, 1.82) is 0 Å². The van der Waals surface area contributed by atoms with Crippen molar-refractivity contribution in [3.8, 4) is 0 Å². The molecule has 1 atom stereocenters. The van der Waals surface area contributed by atoms with Crippen molar-refractivity contribution >= 4 is 29.0 Å². The summed E-state index contributed by atoms with van der Waals surface area (Å²) in [7, 11) is 0. The van der Waals surface area contributed by atoms with Crippen molar-refractivity contribution in [3.63, 3.8) is 0 Å². The lowest BCUT2D eigenvalue weighted by Gasteiger charge is -2.43.